The summed E-state index contributed by atoms with van der Waals surface area (Å²) in [4.78, 5) is 2.49. The van der Waals surface area contributed by atoms with E-state index in [1.54, 1.807) is 14.2 Å². The fourth-order valence-electron chi connectivity index (χ4n) is 2.06. The molecule has 0 spiro atoms. The van der Waals surface area contributed by atoms with E-state index in [2.05, 4.69) is 33.0 Å². The smallest absolute Gasteiger partial charge is 0.119 e. The lowest BCUT2D eigenvalue weighted by molar-refractivity contribution is 0.139. The van der Waals surface area contributed by atoms with Gasteiger partial charge in [-0.1, -0.05) is 15.9 Å². The third-order valence-electron chi connectivity index (χ3n) is 3.27. The van der Waals surface area contributed by atoms with Crippen molar-refractivity contribution in [3.8, 4) is 5.75 Å². The van der Waals surface area contributed by atoms with Gasteiger partial charge in [-0.2, -0.15) is 0 Å². The molecule has 0 aromatic heterocycles. The molecule has 0 aliphatic heterocycles. The average Bonchev–Trinajstić information content (AvgIpc) is 3.21. The number of ether oxygens (including phenoxy) is 2. The number of methoxy groups -OCH3 is 2. The maximum Gasteiger partial charge on any atom is 0.119 e. The second-order valence-electron chi connectivity index (χ2n) is 4.65. The van der Waals surface area contributed by atoms with Gasteiger partial charge >= 0.3 is 0 Å². The summed E-state index contributed by atoms with van der Waals surface area (Å²) in [5.41, 5.74) is 1.28. The Morgan fingerprint density at radius 3 is 2.72 bits per heavy atom. The van der Waals surface area contributed by atoms with Crippen LogP contribution in [0.2, 0.25) is 0 Å². The molecular weight excluding hydrogens is 294 g/mol. The van der Waals surface area contributed by atoms with Crippen LogP contribution >= 0.6 is 15.9 Å². The van der Waals surface area contributed by atoms with Crippen LogP contribution in [0.4, 0.5) is 0 Å². The predicted octanol–water partition coefficient (Wildman–Crippen LogP) is 3.07. The van der Waals surface area contributed by atoms with Crippen LogP contribution in [0.25, 0.3) is 0 Å². The third kappa shape index (κ3) is 3.70. The predicted molar refractivity (Wildman–Crippen MR) is 76.0 cm³/mol. The summed E-state index contributed by atoms with van der Waals surface area (Å²) in [6.07, 6.45) is 2.62. The molecule has 1 aliphatic carbocycles. The van der Waals surface area contributed by atoms with Gasteiger partial charge < -0.3 is 9.47 Å². The molecule has 0 bridgehead atoms. The van der Waals surface area contributed by atoms with Crippen LogP contribution in [0.3, 0.4) is 0 Å². The first-order valence-electron chi connectivity index (χ1n) is 6.30. The molecule has 1 aromatic carbocycles. The molecule has 0 amide bonds. The van der Waals surface area contributed by atoms with E-state index in [0.717, 1.165) is 36.0 Å². The second-order valence-corrected chi connectivity index (χ2v) is 5.51. The molecule has 1 aromatic rings. The molecule has 0 radical (unpaired) electrons. The van der Waals surface area contributed by atoms with Gasteiger partial charge in [-0.25, -0.2) is 0 Å². The van der Waals surface area contributed by atoms with E-state index in [9.17, 15) is 0 Å². The van der Waals surface area contributed by atoms with Gasteiger partial charge in [0.1, 0.15) is 5.75 Å². The van der Waals surface area contributed by atoms with E-state index in [-0.39, 0.29) is 0 Å². The number of rotatable bonds is 7. The minimum Gasteiger partial charge on any atom is -0.497 e. The van der Waals surface area contributed by atoms with Crippen LogP contribution in [-0.4, -0.2) is 38.3 Å². The van der Waals surface area contributed by atoms with Crippen molar-refractivity contribution in [2.45, 2.75) is 25.4 Å². The summed E-state index contributed by atoms with van der Waals surface area (Å²) in [6, 6.07) is 6.87. The van der Waals surface area contributed by atoms with Crippen LogP contribution in [0, 0.1) is 0 Å². The Kier molecular flexibility index (Phi) is 5.03. The summed E-state index contributed by atoms with van der Waals surface area (Å²) >= 11 is 3.61. The van der Waals surface area contributed by atoms with Crippen molar-refractivity contribution in [3.63, 3.8) is 0 Å². The third-order valence-corrected chi connectivity index (χ3v) is 4.05. The highest BCUT2D eigenvalue weighted by Gasteiger charge is 2.28. The van der Waals surface area contributed by atoms with Gasteiger partial charge in [-0.05, 0) is 36.6 Å². The van der Waals surface area contributed by atoms with Gasteiger partial charge in [0.05, 0.1) is 13.7 Å². The summed E-state index contributed by atoms with van der Waals surface area (Å²) in [5.74, 6) is 0.913. The summed E-state index contributed by atoms with van der Waals surface area (Å²) < 4.78 is 11.6. The Morgan fingerprint density at radius 2 is 2.11 bits per heavy atom. The Bertz CT molecular complexity index is 393. The van der Waals surface area contributed by atoms with Crippen LogP contribution in [-0.2, 0) is 11.3 Å². The fraction of sp³-hybridized carbons (Fsp3) is 0.571. The van der Waals surface area contributed by atoms with Crippen molar-refractivity contribution >= 4 is 15.9 Å². The molecule has 100 valence electrons. The van der Waals surface area contributed by atoms with Gasteiger partial charge in [-0.15, -0.1) is 0 Å². The first-order chi connectivity index (χ1) is 8.74. The maximum absolute atomic E-state index is 5.28. The lowest BCUT2D eigenvalue weighted by atomic mass is 10.2. The van der Waals surface area contributed by atoms with E-state index in [4.69, 9.17) is 9.47 Å². The molecule has 1 aliphatic rings. The normalized spacial score (nSPS) is 15.1. The Balaban J connectivity index is 2.05. The molecule has 0 unspecified atom stereocenters. The van der Waals surface area contributed by atoms with Crippen LogP contribution < -0.4 is 4.74 Å². The molecule has 1 saturated carbocycles. The van der Waals surface area contributed by atoms with Crippen molar-refractivity contribution in [3.05, 3.63) is 28.2 Å². The zero-order valence-electron chi connectivity index (χ0n) is 11.0. The van der Waals surface area contributed by atoms with Gasteiger partial charge in [0, 0.05) is 30.7 Å². The van der Waals surface area contributed by atoms with Crippen molar-refractivity contribution in [1.29, 1.82) is 0 Å². The number of nitrogens with zero attached hydrogens (tertiary/aromatic N) is 1. The highest BCUT2D eigenvalue weighted by molar-refractivity contribution is 9.10. The first kappa shape index (κ1) is 13.8. The quantitative estimate of drug-likeness (QED) is 0.772. The molecule has 1 fully saturated rings. The highest BCUT2D eigenvalue weighted by Crippen LogP contribution is 2.30. The van der Waals surface area contributed by atoms with E-state index < -0.39 is 0 Å². The van der Waals surface area contributed by atoms with Crippen LogP contribution in [0.5, 0.6) is 5.75 Å². The lowest BCUT2D eigenvalue weighted by Crippen LogP contribution is -2.29. The lowest BCUT2D eigenvalue weighted by Gasteiger charge is -2.22. The first-order valence-corrected chi connectivity index (χ1v) is 7.09. The number of hydrogen-bond donors (Lipinski definition) is 0. The Hall–Kier alpha value is -0.580. The summed E-state index contributed by atoms with van der Waals surface area (Å²) in [7, 11) is 3.46. The topological polar surface area (TPSA) is 21.7 Å². The van der Waals surface area contributed by atoms with Crippen LogP contribution in [0.1, 0.15) is 18.4 Å². The van der Waals surface area contributed by atoms with E-state index >= 15 is 0 Å². The van der Waals surface area contributed by atoms with Gasteiger partial charge in [0.15, 0.2) is 0 Å². The standard InChI is InChI=1S/C14H20BrNO2/c1-17-8-7-16(12-3-4-12)10-11-9-13(18-2)5-6-14(11)15/h5-6,9,12H,3-4,7-8,10H2,1-2H3. The van der Waals surface area contributed by atoms with Crippen molar-refractivity contribution < 1.29 is 9.47 Å². The zero-order valence-corrected chi connectivity index (χ0v) is 12.6. The highest BCUT2D eigenvalue weighted by atomic mass is 79.9. The van der Waals surface area contributed by atoms with Gasteiger partial charge in [0.2, 0.25) is 0 Å². The Labute approximate surface area is 117 Å². The molecule has 0 heterocycles. The SMILES string of the molecule is COCCN(Cc1cc(OC)ccc1Br)C1CC1. The van der Waals surface area contributed by atoms with E-state index in [1.807, 2.05) is 6.07 Å². The van der Waals surface area contributed by atoms with Crippen molar-refractivity contribution in [1.82, 2.24) is 4.90 Å². The average molecular weight is 314 g/mol. The monoisotopic (exact) mass is 313 g/mol. The molecule has 2 rings (SSSR count). The Morgan fingerprint density at radius 1 is 1.33 bits per heavy atom. The maximum atomic E-state index is 5.28. The molecule has 0 saturated heterocycles. The molecule has 4 heteroatoms. The van der Waals surface area contributed by atoms with Gasteiger partial charge in [-0.3, -0.25) is 4.90 Å². The number of hydrogen-bond acceptors (Lipinski definition) is 3. The summed E-state index contributed by atoms with van der Waals surface area (Å²) in [5, 5.41) is 0. The minimum absolute atomic E-state index is 0.734. The van der Waals surface area contributed by atoms with E-state index in [1.165, 1.54) is 18.4 Å². The number of halogens is 1. The summed E-state index contributed by atoms with van der Waals surface area (Å²) in [6.45, 7) is 2.73. The molecule has 0 N–H and O–H groups in total. The fourth-order valence-corrected chi connectivity index (χ4v) is 2.43. The van der Waals surface area contributed by atoms with Crippen molar-refractivity contribution in [2.24, 2.45) is 0 Å². The van der Waals surface area contributed by atoms with E-state index in [0.29, 0.717) is 0 Å². The minimum atomic E-state index is 0.734. The van der Waals surface area contributed by atoms with Gasteiger partial charge in [0.25, 0.3) is 0 Å². The second kappa shape index (κ2) is 6.55. The van der Waals surface area contributed by atoms with Crippen molar-refractivity contribution in [2.75, 3.05) is 27.4 Å². The number of benzene rings is 1. The largest absolute Gasteiger partial charge is 0.497 e. The molecule has 18 heavy (non-hydrogen) atoms. The molecule has 0 atom stereocenters. The zero-order chi connectivity index (χ0) is 13.0. The molecule has 3 nitrogen and oxygen atoms in total. The van der Waals surface area contributed by atoms with Crippen LogP contribution in [0.15, 0.2) is 22.7 Å². The molecular formula is C14H20BrNO2.